The number of ether oxygens (including phenoxy) is 1. The van der Waals surface area contributed by atoms with Gasteiger partial charge in [0.05, 0.1) is 12.4 Å². The first kappa shape index (κ1) is 15.8. The van der Waals surface area contributed by atoms with Gasteiger partial charge in [-0.3, -0.25) is 0 Å². The van der Waals surface area contributed by atoms with Gasteiger partial charge in [0.15, 0.2) is 0 Å². The van der Waals surface area contributed by atoms with Crippen molar-refractivity contribution in [1.82, 2.24) is 10.0 Å². The molecule has 0 aromatic rings. The lowest BCUT2D eigenvalue weighted by Gasteiger charge is -2.14. The second kappa shape index (κ2) is 8.92. The predicted octanol–water partition coefficient (Wildman–Crippen LogP) is 0.330. The maximum absolute atomic E-state index is 11.6. The van der Waals surface area contributed by atoms with E-state index in [4.69, 9.17) is 4.74 Å². The molecule has 0 aliphatic carbocycles. The fourth-order valence-electron chi connectivity index (χ4n) is 1.20. The van der Waals surface area contributed by atoms with Crippen LogP contribution in [0.5, 0.6) is 0 Å². The maximum atomic E-state index is 11.6. The summed E-state index contributed by atoms with van der Waals surface area (Å²) >= 11 is 0. The van der Waals surface area contributed by atoms with Gasteiger partial charge in [-0.2, -0.15) is 0 Å². The van der Waals surface area contributed by atoms with E-state index in [9.17, 15) is 8.42 Å². The molecule has 0 bridgehead atoms. The highest BCUT2D eigenvalue weighted by Gasteiger charge is 2.13. The predicted molar refractivity (Wildman–Crippen MR) is 66.0 cm³/mol. The molecule has 0 saturated carbocycles. The first-order valence-corrected chi connectivity index (χ1v) is 7.45. The zero-order chi connectivity index (χ0) is 12.4. The number of rotatable bonds is 10. The molecule has 1 atom stereocenters. The van der Waals surface area contributed by atoms with Gasteiger partial charge >= 0.3 is 0 Å². The molecule has 1 unspecified atom stereocenters. The summed E-state index contributed by atoms with van der Waals surface area (Å²) in [4.78, 5) is 0. The monoisotopic (exact) mass is 252 g/mol. The quantitative estimate of drug-likeness (QED) is 0.550. The van der Waals surface area contributed by atoms with Crippen LogP contribution in [0.3, 0.4) is 0 Å². The van der Waals surface area contributed by atoms with Crippen molar-refractivity contribution in [1.29, 1.82) is 0 Å². The molecule has 0 aliphatic heterocycles. The van der Waals surface area contributed by atoms with Crippen molar-refractivity contribution in [2.24, 2.45) is 0 Å². The van der Waals surface area contributed by atoms with Gasteiger partial charge < -0.3 is 10.1 Å². The summed E-state index contributed by atoms with van der Waals surface area (Å²) in [5.41, 5.74) is 0. The van der Waals surface area contributed by atoms with Crippen LogP contribution in [0.15, 0.2) is 0 Å². The number of hydrogen-bond acceptors (Lipinski definition) is 4. The third-order valence-corrected chi connectivity index (χ3v) is 3.43. The SMILES string of the molecule is CCCNCCS(=O)(=O)NC(C)COCC. The van der Waals surface area contributed by atoms with Crippen LogP contribution in [0.1, 0.15) is 27.2 Å². The van der Waals surface area contributed by atoms with Crippen molar-refractivity contribution >= 4 is 10.0 Å². The van der Waals surface area contributed by atoms with E-state index in [0.29, 0.717) is 19.8 Å². The molecular formula is C10H24N2O3S. The van der Waals surface area contributed by atoms with Crippen molar-refractivity contribution in [3.63, 3.8) is 0 Å². The summed E-state index contributed by atoms with van der Waals surface area (Å²) in [6.07, 6.45) is 1.01. The molecule has 0 spiro atoms. The molecule has 16 heavy (non-hydrogen) atoms. The minimum absolute atomic E-state index is 0.115. The Morgan fingerprint density at radius 1 is 1.25 bits per heavy atom. The van der Waals surface area contributed by atoms with Gasteiger partial charge in [0.25, 0.3) is 0 Å². The normalized spacial score (nSPS) is 13.9. The van der Waals surface area contributed by atoms with Crippen LogP contribution in [-0.4, -0.2) is 46.5 Å². The smallest absolute Gasteiger partial charge is 0.213 e. The molecule has 0 aliphatic rings. The van der Waals surface area contributed by atoms with Gasteiger partial charge in [0.2, 0.25) is 10.0 Å². The van der Waals surface area contributed by atoms with Gasteiger partial charge in [-0.1, -0.05) is 6.92 Å². The molecule has 0 heterocycles. The van der Waals surface area contributed by atoms with Crippen molar-refractivity contribution < 1.29 is 13.2 Å². The molecular weight excluding hydrogens is 228 g/mol. The molecule has 0 aromatic carbocycles. The molecule has 0 aromatic heterocycles. The largest absolute Gasteiger partial charge is 0.380 e. The topological polar surface area (TPSA) is 67.4 Å². The fourth-order valence-corrected chi connectivity index (χ4v) is 2.41. The molecule has 98 valence electrons. The third-order valence-electron chi connectivity index (χ3n) is 1.93. The summed E-state index contributed by atoms with van der Waals surface area (Å²) < 4.78 is 30.8. The summed E-state index contributed by atoms with van der Waals surface area (Å²) in [7, 11) is -3.18. The van der Waals surface area contributed by atoms with Crippen molar-refractivity contribution in [2.75, 3.05) is 32.1 Å². The van der Waals surface area contributed by atoms with E-state index >= 15 is 0 Å². The average molecular weight is 252 g/mol. The van der Waals surface area contributed by atoms with Gasteiger partial charge in [-0.05, 0) is 26.8 Å². The van der Waals surface area contributed by atoms with Crippen LogP contribution in [-0.2, 0) is 14.8 Å². The van der Waals surface area contributed by atoms with E-state index in [2.05, 4.69) is 10.0 Å². The van der Waals surface area contributed by atoms with Crippen LogP contribution in [0.4, 0.5) is 0 Å². The maximum Gasteiger partial charge on any atom is 0.213 e. The van der Waals surface area contributed by atoms with Crippen LogP contribution in [0, 0.1) is 0 Å². The second-order valence-corrected chi connectivity index (χ2v) is 5.62. The Morgan fingerprint density at radius 3 is 2.50 bits per heavy atom. The van der Waals surface area contributed by atoms with Crippen molar-refractivity contribution in [2.45, 2.75) is 33.2 Å². The van der Waals surface area contributed by atoms with Crippen LogP contribution in [0.25, 0.3) is 0 Å². The molecule has 5 nitrogen and oxygen atoms in total. The van der Waals surface area contributed by atoms with E-state index in [1.807, 2.05) is 13.8 Å². The first-order valence-electron chi connectivity index (χ1n) is 5.80. The molecule has 6 heteroatoms. The zero-order valence-corrected chi connectivity index (χ0v) is 11.3. The van der Waals surface area contributed by atoms with Crippen LogP contribution >= 0.6 is 0 Å². The minimum Gasteiger partial charge on any atom is -0.380 e. The first-order chi connectivity index (χ1) is 7.52. The lowest BCUT2D eigenvalue weighted by atomic mass is 10.4. The van der Waals surface area contributed by atoms with Gasteiger partial charge in [0.1, 0.15) is 0 Å². The third kappa shape index (κ3) is 9.08. The fraction of sp³-hybridized carbons (Fsp3) is 1.00. The van der Waals surface area contributed by atoms with E-state index in [-0.39, 0.29) is 11.8 Å². The molecule has 0 amide bonds. The Kier molecular flexibility index (Phi) is 8.83. The number of nitrogens with one attached hydrogen (secondary N) is 2. The summed E-state index contributed by atoms with van der Waals surface area (Å²) in [6.45, 7) is 8.09. The van der Waals surface area contributed by atoms with Crippen LogP contribution in [0.2, 0.25) is 0 Å². The van der Waals surface area contributed by atoms with Crippen molar-refractivity contribution in [3.05, 3.63) is 0 Å². The molecule has 0 fully saturated rings. The molecule has 2 N–H and O–H groups in total. The molecule has 0 radical (unpaired) electrons. The molecule has 0 rings (SSSR count). The standard InChI is InChI=1S/C10H24N2O3S/c1-4-6-11-7-8-16(13,14)12-10(3)9-15-5-2/h10-12H,4-9H2,1-3H3. The lowest BCUT2D eigenvalue weighted by molar-refractivity contribution is 0.133. The Bertz CT molecular complexity index is 255. The summed E-state index contributed by atoms with van der Waals surface area (Å²) in [5.74, 6) is 0.115. The zero-order valence-electron chi connectivity index (χ0n) is 10.5. The van der Waals surface area contributed by atoms with E-state index in [0.717, 1.165) is 13.0 Å². The van der Waals surface area contributed by atoms with Gasteiger partial charge in [-0.15, -0.1) is 0 Å². The Morgan fingerprint density at radius 2 is 1.94 bits per heavy atom. The van der Waals surface area contributed by atoms with Crippen LogP contribution < -0.4 is 10.0 Å². The average Bonchev–Trinajstić information content (AvgIpc) is 2.21. The van der Waals surface area contributed by atoms with E-state index in [1.165, 1.54) is 0 Å². The highest BCUT2D eigenvalue weighted by molar-refractivity contribution is 7.89. The van der Waals surface area contributed by atoms with Crippen molar-refractivity contribution in [3.8, 4) is 0 Å². The minimum atomic E-state index is -3.18. The highest BCUT2D eigenvalue weighted by atomic mass is 32.2. The Labute approximate surface area is 99.0 Å². The number of sulfonamides is 1. The van der Waals surface area contributed by atoms with E-state index < -0.39 is 10.0 Å². The summed E-state index contributed by atoms with van der Waals surface area (Å²) in [6, 6.07) is -0.170. The highest BCUT2D eigenvalue weighted by Crippen LogP contribution is 1.90. The van der Waals surface area contributed by atoms with E-state index in [1.54, 1.807) is 6.92 Å². The number of hydrogen-bond donors (Lipinski definition) is 2. The van der Waals surface area contributed by atoms with Gasteiger partial charge in [0, 0.05) is 19.2 Å². The molecule has 0 saturated heterocycles. The Hall–Kier alpha value is -0.170. The summed E-state index contributed by atoms with van der Waals surface area (Å²) in [5, 5.41) is 3.06. The Balaban J connectivity index is 3.76. The second-order valence-electron chi connectivity index (χ2n) is 3.75. The van der Waals surface area contributed by atoms with Gasteiger partial charge in [-0.25, -0.2) is 13.1 Å². The lowest BCUT2D eigenvalue weighted by Crippen LogP contribution is -2.39.